The highest BCUT2D eigenvalue weighted by atomic mass is 31.2. The molecule has 3 unspecified atom stereocenters. The van der Waals surface area contributed by atoms with Crippen molar-refractivity contribution in [3.05, 3.63) is 23.0 Å². The highest BCUT2D eigenvalue weighted by Gasteiger charge is 2.48. The Bertz CT molecular complexity index is 996. The SMILES string of the molecule is CCC(O)P(=O)(O)OC(C)(CC)C[C@H]1O[C@@H](n2cnc3c(=O)[nH]cnc32)[C@H](O)[C@@H]1O. The van der Waals surface area contributed by atoms with E-state index >= 15 is 0 Å². The van der Waals surface area contributed by atoms with E-state index < -0.39 is 49.1 Å². The van der Waals surface area contributed by atoms with Gasteiger partial charge in [-0.1, -0.05) is 13.8 Å². The van der Waals surface area contributed by atoms with E-state index in [9.17, 15) is 29.6 Å². The lowest BCUT2D eigenvalue weighted by Crippen LogP contribution is -2.39. The summed E-state index contributed by atoms with van der Waals surface area (Å²) in [5.74, 6) is -1.53. The third-order valence-corrected chi connectivity index (χ3v) is 7.27. The molecule has 3 heterocycles. The van der Waals surface area contributed by atoms with Crippen molar-refractivity contribution >= 4 is 18.8 Å². The molecule has 0 bridgehead atoms. The van der Waals surface area contributed by atoms with Crippen LogP contribution >= 0.6 is 7.60 Å². The summed E-state index contributed by atoms with van der Waals surface area (Å²) in [6.07, 6.45) is -1.96. The number of fused-ring (bicyclic) bond motifs is 1. The first kappa shape index (κ1) is 23.0. The molecule has 2 aromatic rings. The molecule has 12 nitrogen and oxygen atoms in total. The molecule has 30 heavy (non-hydrogen) atoms. The minimum Gasteiger partial charge on any atom is -0.388 e. The molecule has 168 valence electrons. The average Bonchev–Trinajstić information content (AvgIpc) is 3.24. The molecule has 2 aromatic heterocycles. The molecule has 0 amide bonds. The highest BCUT2D eigenvalue weighted by Crippen LogP contribution is 2.53. The third-order valence-electron chi connectivity index (χ3n) is 5.45. The summed E-state index contributed by atoms with van der Waals surface area (Å²) in [5, 5.41) is 30.9. The Hall–Kier alpha value is -1.66. The van der Waals surface area contributed by atoms with Crippen LogP contribution in [-0.2, 0) is 13.8 Å². The van der Waals surface area contributed by atoms with Gasteiger partial charge in [-0.05, 0) is 19.8 Å². The van der Waals surface area contributed by atoms with Crippen LogP contribution < -0.4 is 5.56 Å². The second-order valence-electron chi connectivity index (χ2n) is 7.65. The van der Waals surface area contributed by atoms with Crippen LogP contribution in [0.2, 0.25) is 0 Å². The third kappa shape index (κ3) is 4.22. The van der Waals surface area contributed by atoms with Gasteiger partial charge in [0.1, 0.15) is 12.2 Å². The van der Waals surface area contributed by atoms with Gasteiger partial charge in [0, 0.05) is 6.42 Å². The number of hydrogen-bond donors (Lipinski definition) is 5. The molecule has 0 aliphatic carbocycles. The standard InChI is InChI=1S/C17H27N4O8P/c1-4-10(22)30(26,27)29-17(3,5-2)6-9-12(23)13(24)16(28-9)21-8-20-11-14(21)18-7-19-15(11)25/h7-10,12-13,16,22-24H,4-6H2,1-3H3,(H,26,27)(H,18,19,25)/t9-,10?,12-,13-,16-,17?/m1/s1. The monoisotopic (exact) mass is 446 g/mol. The molecule has 1 aliphatic rings. The van der Waals surface area contributed by atoms with Crippen molar-refractivity contribution in [1.29, 1.82) is 0 Å². The Kier molecular flexibility index (Phi) is 6.49. The molecule has 0 radical (unpaired) electrons. The van der Waals surface area contributed by atoms with Crippen LogP contribution in [0.15, 0.2) is 17.4 Å². The van der Waals surface area contributed by atoms with Gasteiger partial charge in [0.15, 0.2) is 23.2 Å². The van der Waals surface area contributed by atoms with Gasteiger partial charge >= 0.3 is 7.60 Å². The summed E-state index contributed by atoms with van der Waals surface area (Å²) in [7, 11) is -4.32. The minimum absolute atomic E-state index is 0.0279. The number of aliphatic hydroxyl groups is 3. The summed E-state index contributed by atoms with van der Waals surface area (Å²) < 4.78 is 24.9. The van der Waals surface area contributed by atoms with E-state index in [1.54, 1.807) is 20.8 Å². The van der Waals surface area contributed by atoms with Crippen molar-refractivity contribution in [3.63, 3.8) is 0 Å². The van der Waals surface area contributed by atoms with Gasteiger partial charge in [0.05, 0.1) is 24.4 Å². The van der Waals surface area contributed by atoms with Gasteiger partial charge < -0.3 is 34.5 Å². The van der Waals surface area contributed by atoms with Crippen LogP contribution in [0.3, 0.4) is 0 Å². The average molecular weight is 446 g/mol. The zero-order valence-corrected chi connectivity index (χ0v) is 17.8. The van der Waals surface area contributed by atoms with Gasteiger partial charge in [-0.25, -0.2) is 9.97 Å². The second-order valence-corrected chi connectivity index (χ2v) is 9.56. The van der Waals surface area contributed by atoms with E-state index in [0.717, 1.165) is 0 Å². The summed E-state index contributed by atoms with van der Waals surface area (Å²) >= 11 is 0. The molecule has 1 fully saturated rings. The number of H-pyrrole nitrogens is 1. The van der Waals surface area contributed by atoms with E-state index in [-0.39, 0.29) is 30.4 Å². The Morgan fingerprint density at radius 2 is 2.07 bits per heavy atom. The maximum absolute atomic E-state index is 12.3. The molecule has 1 aliphatic heterocycles. The Morgan fingerprint density at radius 1 is 1.37 bits per heavy atom. The summed E-state index contributed by atoms with van der Waals surface area (Å²) in [6, 6.07) is 0. The lowest BCUT2D eigenvalue weighted by atomic mass is 9.93. The molecule has 1 saturated heterocycles. The number of hydrogen-bond acceptors (Lipinski definition) is 9. The number of nitrogens with one attached hydrogen (secondary N) is 1. The summed E-state index contributed by atoms with van der Waals surface area (Å²) in [4.78, 5) is 32.3. The van der Waals surface area contributed by atoms with Crippen molar-refractivity contribution in [3.8, 4) is 0 Å². The summed E-state index contributed by atoms with van der Waals surface area (Å²) in [6.45, 7) is 4.86. The predicted octanol–water partition coefficient (Wildman–Crippen LogP) is 0.228. The van der Waals surface area contributed by atoms with Crippen LogP contribution in [0, 0.1) is 0 Å². The fourth-order valence-corrected chi connectivity index (χ4v) is 4.87. The highest BCUT2D eigenvalue weighted by molar-refractivity contribution is 7.53. The maximum atomic E-state index is 12.3. The Labute approximate surface area is 172 Å². The van der Waals surface area contributed by atoms with Crippen LogP contribution in [0.25, 0.3) is 11.2 Å². The molecule has 7 atom stereocenters. The number of aromatic nitrogens is 4. The second kappa shape index (κ2) is 8.46. The quantitative estimate of drug-likeness (QED) is 0.352. The molecule has 5 N–H and O–H groups in total. The number of aliphatic hydroxyl groups excluding tert-OH is 3. The van der Waals surface area contributed by atoms with Crippen LogP contribution in [-0.4, -0.2) is 69.5 Å². The van der Waals surface area contributed by atoms with Gasteiger partial charge in [-0.3, -0.25) is 13.9 Å². The molecule has 0 spiro atoms. The normalized spacial score (nSPS) is 29.6. The van der Waals surface area contributed by atoms with Crippen molar-refractivity contribution in [2.45, 2.75) is 76.0 Å². The van der Waals surface area contributed by atoms with E-state index in [1.807, 2.05) is 0 Å². The fourth-order valence-electron chi connectivity index (χ4n) is 3.46. The minimum atomic E-state index is -4.32. The largest absolute Gasteiger partial charge is 0.388 e. The molecular formula is C17H27N4O8P. The molecular weight excluding hydrogens is 419 g/mol. The Balaban J connectivity index is 1.83. The van der Waals surface area contributed by atoms with E-state index in [0.29, 0.717) is 0 Å². The van der Waals surface area contributed by atoms with E-state index in [4.69, 9.17) is 9.26 Å². The topological polar surface area (TPSA) is 180 Å². The molecule has 0 saturated carbocycles. The smallest absolute Gasteiger partial charge is 0.356 e. The van der Waals surface area contributed by atoms with Crippen LogP contribution in [0.5, 0.6) is 0 Å². The first-order valence-corrected chi connectivity index (χ1v) is 11.3. The van der Waals surface area contributed by atoms with Crippen molar-refractivity contribution in [1.82, 2.24) is 19.5 Å². The van der Waals surface area contributed by atoms with Crippen molar-refractivity contribution < 1.29 is 34.0 Å². The van der Waals surface area contributed by atoms with Crippen molar-refractivity contribution in [2.75, 3.05) is 0 Å². The number of aromatic amines is 1. The fraction of sp³-hybridized carbons (Fsp3) is 0.706. The zero-order valence-electron chi connectivity index (χ0n) is 16.9. The number of imidazole rings is 1. The lowest BCUT2D eigenvalue weighted by molar-refractivity contribution is -0.0667. The van der Waals surface area contributed by atoms with Crippen molar-refractivity contribution in [2.24, 2.45) is 0 Å². The summed E-state index contributed by atoms with van der Waals surface area (Å²) in [5.41, 5.74) is -1.44. The van der Waals surface area contributed by atoms with Gasteiger partial charge in [-0.2, -0.15) is 0 Å². The number of nitrogens with zero attached hydrogens (tertiary/aromatic N) is 3. The number of rotatable bonds is 8. The van der Waals surface area contributed by atoms with E-state index in [2.05, 4.69) is 15.0 Å². The van der Waals surface area contributed by atoms with Gasteiger partial charge in [0.25, 0.3) is 5.56 Å². The zero-order chi connectivity index (χ0) is 22.3. The van der Waals surface area contributed by atoms with Gasteiger partial charge in [0.2, 0.25) is 0 Å². The lowest BCUT2D eigenvalue weighted by Gasteiger charge is -2.34. The molecule has 13 heteroatoms. The van der Waals surface area contributed by atoms with Gasteiger partial charge in [-0.15, -0.1) is 0 Å². The molecule has 0 aromatic carbocycles. The molecule has 3 rings (SSSR count). The van der Waals surface area contributed by atoms with Crippen LogP contribution in [0.1, 0.15) is 46.3 Å². The predicted molar refractivity (Wildman–Crippen MR) is 105 cm³/mol. The maximum Gasteiger partial charge on any atom is 0.356 e. The van der Waals surface area contributed by atoms with E-state index in [1.165, 1.54) is 17.2 Å². The first-order valence-electron chi connectivity index (χ1n) is 9.66. The first-order chi connectivity index (χ1) is 14.0. The Morgan fingerprint density at radius 3 is 2.70 bits per heavy atom. The number of ether oxygens (including phenoxy) is 1. The van der Waals surface area contributed by atoms with Crippen LogP contribution in [0.4, 0.5) is 0 Å².